The molecule has 92 valence electrons. The lowest BCUT2D eigenvalue weighted by Crippen LogP contribution is -2.30. The van der Waals surface area contributed by atoms with Gasteiger partial charge in [-0.3, -0.25) is 4.79 Å². The number of hydrogen-bond donors (Lipinski definition) is 2. The number of halogens is 2. The molecule has 1 amide bonds. The van der Waals surface area contributed by atoms with Gasteiger partial charge in [-0.2, -0.15) is 0 Å². The van der Waals surface area contributed by atoms with Gasteiger partial charge >= 0.3 is 0 Å². The van der Waals surface area contributed by atoms with Crippen molar-refractivity contribution in [3.8, 4) is 0 Å². The molecule has 0 bridgehead atoms. The van der Waals surface area contributed by atoms with Gasteiger partial charge in [-0.15, -0.1) is 0 Å². The molecular weight excluding hydrogens is 249 g/mol. The predicted octanol–water partition coefficient (Wildman–Crippen LogP) is 0.657. The van der Waals surface area contributed by atoms with Crippen molar-refractivity contribution in [2.45, 2.75) is 12.2 Å². The van der Waals surface area contributed by atoms with Gasteiger partial charge in [-0.25, -0.2) is 4.39 Å². The van der Waals surface area contributed by atoms with E-state index in [2.05, 4.69) is 0 Å². The number of aliphatic hydroxyl groups is 2. The number of carbonyl (C=O) groups excluding carboxylic acids is 1. The Morgan fingerprint density at radius 2 is 1.94 bits per heavy atom. The van der Waals surface area contributed by atoms with Crippen LogP contribution in [0.4, 0.5) is 4.39 Å². The highest BCUT2D eigenvalue weighted by molar-refractivity contribution is 6.31. The van der Waals surface area contributed by atoms with Crippen molar-refractivity contribution in [2.75, 3.05) is 13.1 Å². The monoisotopic (exact) mass is 259 g/mol. The van der Waals surface area contributed by atoms with Crippen LogP contribution in [0.3, 0.4) is 0 Å². The van der Waals surface area contributed by atoms with Crippen molar-refractivity contribution >= 4 is 17.5 Å². The molecule has 1 aliphatic heterocycles. The van der Waals surface area contributed by atoms with Crippen LogP contribution in [0.1, 0.15) is 10.4 Å². The van der Waals surface area contributed by atoms with Crippen LogP contribution in [-0.2, 0) is 0 Å². The maximum absolute atomic E-state index is 13.6. The summed E-state index contributed by atoms with van der Waals surface area (Å²) in [6, 6.07) is 4.14. The lowest BCUT2D eigenvalue weighted by molar-refractivity contribution is 0.0572. The van der Waals surface area contributed by atoms with E-state index in [4.69, 9.17) is 11.6 Å². The average Bonchev–Trinajstić information content (AvgIpc) is 2.62. The summed E-state index contributed by atoms with van der Waals surface area (Å²) in [4.78, 5) is 13.1. The van der Waals surface area contributed by atoms with Crippen LogP contribution in [0.5, 0.6) is 0 Å². The van der Waals surface area contributed by atoms with Crippen molar-refractivity contribution in [3.05, 3.63) is 34.6 Å². The average molecular weight is 260 g/mol. The van der Waals surface area contributed by atoms with Crippen molar-refractivity contribution < 1.29 is 19.4 Å². The number of aliphatic hydroxyl groups excluding tert-OH is 2. The smallest absolute Gasteiger partial charge is 0.257 e. The lowest BCUT2D eigenvalue weighted by atomic mass is 10.2. The van der Waals surface area contributed by atoms with E-state index in [1.807, 2.05) is 0 Å². The molecule has 2 rings (SSSR count). The first-order valence-electron chi connectivity index (χ1n) is 5.10. The summed E-state index contributed by atoms with van der Waals surface area (Å²) in [7, 11) is 0. The molecule has 1 aliphatic rings. The fourth-order valence-electron chi connectivity index (χ4n) is 1.77. The van der Waals surface area contributed by atoms with Gasteiger partial charge in [0, 0.05) is 13.1 Å². The Morgan fingerprint density at radius 3 is 2.53 bits per heavy atom. The molecular formula is C11H11ClFNO3. The normalized spacial score (nSPS) is 24.1. The summed E-state index contributed by atoms with van der Waals surface area (Å²) >= 11 is 5.58. The third-order valence-corrected chi connectivity index (χ3v) is 3.02. The molecule has 17 heavy (non-hydrogen) atoms. The topological polar surface area (TPSA) is 60.8 Å². The molecule has 2 N–H and O–H groups in total. The van der Waals surface area contributed by atoms with E-state index in [0.717, 1.165) is 0 Å². The van der Waals surface area contributed by atoms with Gasteiger partial charge in [0.1, 0.15) is 0 Å². The molecule has 1 saturated heterocycles. The van der Waals surface area contributed by atoms with Crippen LogP contribution in [0, 0.1) is 5.82 Å². The number of benzene rings is 1. The summed E-state index contributed by atoms with van der Waals surface area (Å²) in [5.74, 6) is -1.37. The maximum Gasteiger partial charge on any atom is 0.257 e. The summed E-state index contributed by atoms with van der Waals surface area (Å²) in [6.07, 6.45) is -1.97. The fraction of sp³-hybridized carbons (Fsp3) is 0.364. The molecule has 2 unspecified atom stereocenters. The van der Waals surface area contributed by atoms with E-state index in [1.54, 1.807) is 0 Å². The molecule has 6 heteroatoms. The van der Waals surface area contributed by atoms with Gasteiger partial charge < -0.3 is 15.1 Å². The Kier molecular flexibility index (Phi) is 3.33. The zero-order chi connectivity index (χ0) is 12.6. The van der Waals surface area contributed by atoms with Gasteiger partial charge in [-0.05, 0) is 12.1 Å². The molecule has 1 aromatic carbocycles. The Hall–Kier alpha value is -1.17. The summed E-state index contributed by atoms with van der Waals surface area (Å²) in [6.45, 7) is -0.0160. The van der Waals surface area contributed by atoms with E-state index in [0.29, 0.717) is 0 Å². The number of β-amino-alcohol motifs (C(OH)–C–C–N with tert-alkyl or cyclic N) is 2. The molecule has 0 radical (unpaired) electrons. The molecule has 0 aromatic heterocycles. The van der Waals surface area contributed by atoms with Gasteiger partial charge in [0.2, 0.25) is 0 Å². The van der Waals surface area contributed by atoms with Crippen LogP contribution >= 0.6 is 11.6 Å². The first-order valence-corrected chi connectivity index (χ1v) is 5.48. The molecule has 1 heterocycles. The molecule has 0 saturated carbocycles. The standard InChI is InChI=1S/C11H11ClFNO3/c12-7-3-1-2-6(10(7)13)11(17)14-4-8(15)9(16)5-14/h1-3,8-9,15-16H,4-5H2. The number of nitrogens with zero attached hydrogens (tertiary/aromatic N) is 1. The molecule has 1 aromatic rings. The number of rotatable bonds is 1. The largest absolute Gasteiger partial charge is 0.388 e. The van der Waals surface area contributed by atoms with Gasteiger partial charge in [0.15, 0.2) is 5.82 Å². The van der Waals surface area contributed by atoms with E-state index >= 15 is 0 Å². The Morgan fingerprint density at radius 1 is 1.35 bits per heavy atom. The van der Waals surface area contributed by atoms with Gasteiger partial charge in [0.25, 0.3) is 5.91 Å². The van der Waals surface area contributed by atoms with E-state index in [9.17, 15) is 19.4 Å². The second-order valence-corrected chi connectivity index (χ2v) is 4.35. The van der Waals surface area contributed by atoms with Crippen molar-refractivity contribution in [1.29, 1.82) is 0 Å². The second kappa shape index (κ2) is 4.60. The molecule has 0 aliphatic carbocycles. The molecule has 0 spiro atoms. The van der Waals surface area contributed by atoms with Gasteiger partial charge in [-0.1, -0.05) is 17.7 Å². The zero-order valence-corrected chi connectivity index (χ0v) is 9.56. The maximum atomic E-state index is 13.6. The minimum absolute atomic E-state index is 0.00798. The SMILES string of the molecule is O=C(c1cccc(Cl)c1F)N1CC(O)C(O)C1. The number of likely N-dealkylation sites (tertiary alicyclic amines) is 1. The van der Waals surface area contributed by atoms with Crippen LogP contribution in [0.2, 0.25) is 5.02 Å². The van der Waals surface area contributed by atoms with Crippen molar-refractivity contribution in [2.24, 2.45) is 0 Å². The summed E-state index contributed by atoms with van der Waals surface area (Å²) < 4.78 is 13.6. The molecule has 1 fully saturated rings. The molecule has 2 atom stereocenters. The van der Waals surface area contributed by atoms with Crippen molar-refractivity contribution in [3.63, 3.8) is 0 Å². The fourth-order valence-corrected chi connectivity index (χ4v) is 1.95. The highest BCUT2D eigenvalue weighted by atomic mass is 35.5. The molecule has 4 nitrogen and oxygen atoms in total. The quantitative estimate of drug-likeness (QED) is 0.779. The predicted molar refractivity (Wildman–Crippen MR) is 59.3 cm³/mol. The van der Waals surface area contributed by atoms with Crippen molar-refractivity contribution in [1.82, 2.24) is 4.90 Å². The minimum atomic E-state index is -0.985. The third-order valence-electron chi connectivity index (χ3n) is 2.73. The number of carbonyl (C=O) groups is 1. The zero-order valence-electron chi connectivity index (χ0n) is 8.81. The number of amides is 1. The summed E-state index contributed by atoms with van der Waals surface area (Å²) in [5.41, 5.74) is -0.154. The van der Waals surface area contributed by atoms with E-state index in [1.165, 1.54) is 23.1 Å². The van der Waals surface area contributed by atoms with E-state index < -0.39 is 23.9 Å². The number of hydrogen-bond acceptors (Lipinski definition) is 3. The first-order chi connectivity index (χ1) is 8.00. The minimum Gasteiger partial charge on any atom is -0.388 e. The Balaban J connectivity index is 2.24. The highest BCUT2D eigenvalue weighted by Gasteiger charge is 2.33. The van der Waals surface area contributed by atoms with E-state index in [-0.39, 0.29) is 23.7 Å². The Bertz CT molecular complexity index is 444. The first kappa shape index (κ1) is 12.3. The van der Waals surface area contributed by atoms with Gasteiger partial charge in [0.05, 0.1) is 22.8 Å². The van der Waals surface area contributed by atoms with Crippen LogP contribution in [0.25, 0.3) is 0 Å². The highest BCUT2D eigenvalue weighted by Crippen LogP contribution is 2.21. The van der Waals surface area contributed by atoms with Crippen LogP contribution in [0.15, 0.2) is 18.2 Å². The van der Waals surface area contributed by atoms with Crippen LogP contribution in [-0.4, -0.2) is 46.3 Å². The Labute approximate surface area is 102 Å². The second-order valence-electron chi connectivity index (χ2n) is 3.95. The van der Waals surface area contributed by atoms with Crippen LogP contribution < -0.4 is 0 Å². The lowest BCUT2D eigenvalue weighted by Gasteiger charge is -2.15. The third kappa shape index (κ3) is 2.26. The summed E-state index contributed by atoms with van der Waals surface area (Å²) in [5, 5.41) is 18.5.